The standard InChI is InChI=1S/C20H21N/c1-2-3-5-9-16-14-18-12-8-13-21-20(18)19(15-16)17-10-6-4-7-11-17/h4,6-8,10-15H,2-3,5,9H2,1H3. The molecule has 0 atom stereocenters. The molecule has 0 aliphatic carbocycles. The van der Waals surface area contributed by atoms with Gasteiger partial charge in [0.05, 0.1) is 5.52 Å². The van der Waals surface area contributed by atoms with E-state index >= 15 is 0 Å². The number of nitrogens with zero attached hydrogens (tertiary/aromatic N) is 1. The van der Waals surface area contributed by atoms with E-state index in [4.69, 9.17) is 0 Å². The van der Waals surface area contributed by atoms with Crippen LogP contribution in [0, 0.1) is 0 Å². The van der Waals surface area contributed by atoms with Crippen LogP contribution in [-0.2, 0) is 6.42 Å². The van der Waals surface area contributed by atoms with E-state index in [1.54, 1.807) is 0 Å². The first-order chi connectivity index (χ1) is 10.4. The number of aromatic nitrogens is 1. The molecular formula is C20H21N. The van der Waals surface area contributed by atoms with Gasteiger partial charge in [-0.25, -0.2) is 0 Å². The Morgan fingerprint density at radius 2 is 1.76 bits per heavy atom. The van der Waals surface area contributed by atoms with Crippen LogP contribution in [0.25, 0.3) is 22.0 Å². The zero-order chi connectivity index (χ0) is 14.5. The van der Waals surface area contributed by atoms with Crippen molar-refractivity contribution in [3.63, 3.8) is 0 Å². The number of benzene rings is 2. The van der Waals surface area contributed by atoms with Gasteiger partial charge in [-0.3, -0.25) is 4.98 Å². The van der Waals surface area contributed by atoms with Gasteiger partial charge in [0, 0.05) is 17.1 Å². The average Bonchev–Trinajstić information content (AvgIpc) is 2.55. The Balaban J connectivity index is 2.08. The van der Waals surface area contributed by atoms with Gasteiger partial charge in [-0.1, -0.05) is 56.2 Å². The normalized spacial score (nSPS) is 10.9. The van der Waals surface area contributed by atoms with Gasteiger partial charge in [0.15, 0.2) is 0 Å². The van der Waals surface area contributed by atoms with Gasteiger partial charge in [-0.15, -0.1) is 0 Å². The predicted molar refractivity (Wildman–Crippen MR) is 90.4 cm³/mol. The first-order valence-corrected chi connectivity index (χ1v) is 7.81. The molecule has 0 N–H and O–H groups in total. The lowest BCUT2D eigenvalue weighted by molar-refractivity contribution is 0.718. The molecule has 0 unspecified atom stereocenters. The van der Waals surface area contributed by atoms with E-state index in [2.05, 4.69) is 60.4 Å². The van der Waals surface area contributed by atoms with E-state index < -0.39 is 0 Å². The summed E-state index contributed by atoms with van der Waals surface area (Å²) >= 11 is 0. The highest BCUT2D eigenvalue weighted by Gasteiger charge is 2.07. The van der Waals surface area contributed by atoms with Crippen LogP contribution in [0.4, 0.5) is 0 Å². The molecule has 0 spiro atoms. The van der Waals surface area contributed by atoms with E-state index in [0.717, 1.165) is 11.9 Å². The first kappa shape index (κ1) is 13.8. The van der Waals surface area contributed by atoms with Crippen LogP contribution >= 0.6 is 0 Å². The van der Waals surface area contributed by atoms with Crippen molar-refractivity contribution >= 4 is 10.9 Å². The Bertz CT molecular complexity index is 716. The van der Waals surface area contributed by atoms with Gasteiger partial charge in [0.2, 0.25) is 0 Å². The lowest BCUT2D eigenvalue weighted by Crippen LogP contribution is -1.91. The first-order valence-electron chi connectivity index (χ1n) is 7.81. The average molecular weight is 275 g/mol. The van der Waals surface area contributed by atoms with Crippen molar-refractivity contribution in [3.8, 4) is 11.1 Å². The Kier molecular flexibility index (Phi) is 4.30. The molecule has 1 heteroatoms. The molecule has 0 saturated carbocycles. The zero-order valence-electron chi connectivity index (χ0n) is 12.5. The Morgan fingerprint density at radius 3 is 2.57 bits per heavy atom. The van der Waals surface area contributed by atoms with E-state index in [-0.39, 0.29) is 0 Å². The molecule has 0 fully saturated rings. The minimum absolute atomic E-state index is 1.10. The second-order valence-electron chi connectivity index (χ2n) is 5.54. The Labute approximate surface area is 126 Å². The van der Waals surface area contributed by atoms with Crippen molar-refractivity contribution in [2.24, 2.45) is 0 Å². The minimum atomic E-state index is 1.10. The number of hydrogen-bond acceptors (Lipinski definition) is 1. The zero-order valence-corrected chi connectivity index (χ0v) is 12.5. The summed E-state index contributed by atoms with van der Waals surface area (Å²) in [5.41, 5.74) is 5.02. The molecule has 3 rings (SSSR count). The fraction of sp³-hybridized carbons (Fsp3) is 0.250. The minimum Gasteiger partial charge on any atom is -0.256 e. The molecule has 1 heterocycles. The second kappa shape index (κ2) is 6.53. The van der Waals surface area contributed by atoms with Crippen LogP contribution in [0.1, 0.15) is 31.7 Å². The summed E-state index contributed by atoms with van der Waals surface area (Å²) in [7, 11) is 0. The fourth-order valence-corrected chi connectivity index (χ4v) is 2.82. The van der Waals surface area contributed by atoms with Gasteiger partial charge < -0.3 is 0 Å². The molecule has 1 nitrogen and oxygen atoms in total. The van der Waals surface area contributed by atoms with Gasteiger partial charge in [-0.2, -0.15) is 0 Å². The van der Waals surface area contributed by atoms with E-state index in [0.29, 0.717) is 0 Å². The molecule has 0 amide bonds. The Hall–Kier alpha value is -2.15. The van der Waals surface area contributed by atoms with Crippen LogP contribution in [0.5, 0.6) is 0 Å². The summed E-state index contributed by atoms with van der Waals surface area (Å²) in [5, 5.41) is 1.24. The maximum absolute atomic E-state index is 4.60. The molecule has 106 valence electrons. The third-order valence-electron chi connectivity index (χ3n) is 3.92. The molecule has 0 saturated heterocycles. The lowest BCUT2D eigenvalue weighted by atomic mass is 9.96. The molecule has 1 aromatic heterocycles. The van der Waals surface area contributed by atoms with Gasteiger partial charge in [-0.05, 0) is 42.2 Å². The highest BCUT2D eigenvalue weighted by Crippen LogP contribution is 2.29. The van der Waals surface area contributed by atoms with Crippen molar-refractivity contribution in [2.75, 3.05) is 0 Å². The summed E-state index contributed by atoms with van der Waals surface area (Å²) < 4.78 is 0. The molecule has 0 aliphatic heterocycles. The number of hydrogen-bond donors (Lipinski definition) is 0. The monoisotopic (exact) mass is 275 g/mol. The van der Waals surface area contributed by atoms with Crippen molar-refractivity contribution < 1.29 is 0 Å². The number of aryl methyl sites for hydroxylation is 1. The van der Waals surface area contributed by atoms with Gasteiger partial charge in [0.1, 0.15) is 0 Å². The smallest absolute Gasteiger partial charge is 0.0780 e. The highest BCUT2D eigenvalue weighted by atomic mass is 14.6. The molecule has 3 aromatic rings. The second-order valence-corrected chi connectivity index (χ2v) is 5.54. The van der Waals surface area contributed by atoms with E-state index in [1.807, 2.05) is 12.3 Å². The highest BCUT2D eigenvalue weighted by molar-refractivity contribution is 5.94. The fourth-order valence-electron chi connectivity index (χ4n) is 2.82. The van der Waals surface area contributed by atoms with Gasteiger partial charge in [0.25, 0.3) is 0 Å². The van der Waals surface area contributed by atoms with Crippen LogP contribution in [-0.4, -0.2) is 4.98 Å². The number of pyridine rings is 1. The quantitative estimate of drug-likeness (QED) is 0.549. The molecule has 2 aromatic carbocycles. The molecule has 0 bridgehead atoms. The van der Waals surface area contributed by atoms with Crippen molar-refractivity contribution in [2.45, 2.75) is 32.6 Å². The maximum Gasteiger partial charge on any atom is 0.0780 e. The SMILES string of the molecule is CCCCCc1cc(-c2ccccc2)c2ncccc2c1. The molecular weight excluding hydrogens is 254 g/mol. The molecule has 21 heavy (non-hydrogen) atoms. The molecule has 0 aliphatic rings. The summed E-state index contributed by atoms with van der Waals surface area (Å²) in [6.07, 6.45) is 6.85. The lowest BCUT2D eigenvalue weighted by Gasteiger charge is -2.10. The van der Waals surface area contributed by atoms with Crippen LogP contribution < -0.4 is 0 Å². The van der Waals surface area contributed by atoms with Crippen molar-refractivity contribution in [3.05, 3.63) is 66.4 Å². The summed E-state index contributed by atoms with van der Waals surface area (Å²) in [6, 6.07) is 19.4. The van der Waals surface area contributed by atoms with E-state index in [1.165, 1.54) is 41.3 Å². The van der Waals surface area contributed by atoms with Crippen molar-refractivity contribution in [1.29, 1.82) is 0 Å². The Morgan fingerprint density at radius 1 is 0.905 bits per heavy atom. The number of fused-ring (bicyclic) bond motifs is 1. The van der Waals surface area contributed by atoms with Crippen LogP contribution in [0.2, 0.25) is 0 Å². The summed E-state index contributed by atoms with van der Waals surface area (Å²) in [4.78, 5) is 4.60. The third kappa shape index (κ3) is 3.13. The topological polar surface area (TPSA) is 12.9 Å². The van der Waals surface area contributed by atoms with E-state index in [9.17, 15) is 0 Å². The predicted octanol–water partition coefficient (Wildman–Crippen LogP) is 5.63. The number of rotatable bonds is 5. The largest absolute Gasteiger partial charge is 0.256 e. The maximum atomic E-state index is 4.60. The van der Waals surface area contributed by atoms with Crippen LogP contribution in [0.15, 0.2) is 60.8 Å². The van der Waals surface area contributed by atoms with Gasteiger partial charge >= 0.3 is 0 Å². The van der Waals surface area contributed by atoms with Crippen LogP contribution in [0.3, 0.4) is 0 Å². The summed E-state index contributed by atoms with van der Waals surface area (Å²) in [5.74, 6) is 0. The number of unbranched alkanes of at least 4 members (excludes halogenated alkanes) is 2. The molecule has 0 radical (unpaired) electrons. The van der Waals surface area contributed by atoms with Crippen molar-refractivity contribution in [1.82, 2.24) is 4.98 Å². The third-order valence-corrected chi connectivity index (χ3v) is 3.92. The summed E-state index contributed by atoms with van der Waals surface area (Å²) in [6.45, 7) is 2.25.